The van der Waals surface area contributed by atoms with E-state index in [1.165, 1.54) is 12.1 Å². The van der Waals surface area contributed by atoms with Crippen molar-refractivity contribution in [1.29, 1.82) is 0 Å². The molecule has 4 heteroatoms. The average Bonchev–Trinajstić information content (AvgIpc) is 2.72. The van der Waals surface area contributed by atoms with Gasteiger partial charge in [-0.2, -0.15) is 5.10 Å². The Morgan fingerprint density at radius 1 is 1.32 bits per heavy atom. The highest BCUT2D eigenvalue weighted by molar-refractivity contribution is 6.15. The molecule has 2 aliphatic rings. The number of nitrogens with one attached hydrogen (secondary N) is 1. The van der Waals surface area contributed by atoms with Gasteiger partial charge in [0.05, 0.1) is 17.7 Å². The van der Waals surface area contributed by atoms with Crippen molar-refractivity contribution in [3.8, 4) is 0 Å². The Morgan fingerprint density at radius 3 is 2.68 bits per heavy atom. The Balaban J connectivity index is 1.90. The summed E-state index contributed by atoms with van der Waals surface area (Å²) in [6.45, 7) is 4.22. The van der Waals surface area contributed by atoms with Gasteiger partial charge in [0.2, 0.25) is 0 Å². The molecule has 1 N–H and O–H groups in total. The molecule has 1 saturated carbocycles. The lowest BCUT2D eigenvalue weighted by molar-refractivity contribution is -0.126. The number of hydrogen-bond acceptors (Lipinski definition) is 3. The maximum atomic E-state index is 13.0. The van der Waals surface area contributed by atoms with Gasteiger partial charge >= 0.3 is 0 Å². The molecule has 3 rings (SSSR count). The van der Waals surface area contributed by atoms with Gasteiger partial charge in [0.1, 0.15) is 11.6 Å². The number of fused-ring (bicyclic) bond motifs is 1. The van der Waals surface area contributed by atoms with E-state index in [9.17, 15) is 9.18 Å². The normalized spacial score (nSPS) is 28.6. The van der Waals surface area contributed by atoms with Gasteiger partial charge in [0.25, 0.3) is 0 Å². The Kier molecular flexibility index (Phi) is 2.69. The van der Waals surface area contributed by atoms with Gasteiger partial charge in [0.15, 0.2) is 0 Å². The predicted octanol–water partition coefficient (Wildman–Crippen LogP) is 2.51. The van der Waals surface area contributed by atoms with Gasteiger partial charge in [0, 0.05) is 6.42 Å². The van der Waals surface area contributed by atoms with Crippen LogP contribution in [0.1, 0.15) is 32.3 Å². The number of nitrogens with zero attached hydrogens (tertiary/aromatic N) is 1. The first-order chi connectivity index (χ1) is 8.96. The van der Waals surface area contributed by atoms with Crippen molar-refractivity contribution in [3.63, 3.8) is 0 Å². The topological polar surface area (TPSA) is 41.5 Å². The van der Waals surface area contributed by atoms with E-state index in [4.69, 9.17) is 0 Å². The molecule has 1 aromatic rings. The second kappa shape index (κ2) is 4.15. The Bertz CT molecular complexity index is 548. The monoisotopic (exact) mass is 260 g/mol. The fourth-order valence-electron chi connectivity index (χ4n) is 3.14. The number of hydrazone groups is 1. The van der Waals surface area contributed by atoms with Crippen molar-refractivity contribution in [2.45, 2.75) is 32.7 Å². The minimum atomic E-state index is -0.275. The van der Waals surface area contributed by atoms with Gasteiger partial charge in [-0.3, -0.25) is 4.79 Å². The molecule has 0 aromatic heterocycles. The number of carbonyl (C=O) groups is 1. The molecule has 0 saturated heterocycles. The van der Waals surface area contributed by atoms with Crippen molar-refractivity contribution in [2.24, 2.45) is 16.4 Å². The van der Waals surface area contributed by atoms with E-state index in [1.54, 1.807) is 12.1 Å². The highest BCUT2D eigenvalue weighted by atomic mass is 19.1. The minimum absolute atomic E-state index is 0.0268. The lowest BCUT2D eigenvalue weighted by Gasteiger charge is -2.36. The Labute approximate surface area is 111 Å². The van der Waals surface area contributed by atoms with E-state index in [2.05, 4.69) is 24.4 Å². The first-order valence-corrected chi connectivity index (χ1v) is 6.58. The van der Waals surface area contributed by atoms with Crippen LogP contribution in [0.15, 0.2) is 29.4 Å². The number of halogens is 1. The van der Waals surface area contributed by atoms with E-state index in [1.807, 2.05) is 0 Å². The first-order valence-electron chi connectivity index (χ1n) is 6.58. The number of rotatable bonds is 1. The van der Waals surface area contributed by atoms with E-state index in [-0.39, 0.29) is 29.0 Å². The molecule has 3 nitrogen and oxygen atoms in total. The number of Topliss-reactive ketones (excluding diaryl/α,β-unsaturated/α-hetero) is 1. The van der Waals surface area contributed by atoms with Gasteiger partial charge < -0.3 is 5.43 Å². The summed E-state index contributed by atoms with van der Waals surface area (Å²) < 4.78 is 13.0. The molecule has 100 valence electrons. The standard InChI is InChI=1S/C15H17FN2O/c1-15(2)7-11-13(12(19)8-15)14(18-17-11)9-3-5-10(16)6-4-9/h3-6,11,13,17H,7-8H2,1-2H3/t11-,13-/m0/s1. The molecular formula is C15H17FN2O. The quantitative estimate of drug-likeness (QED) is 0.843. The minimum Gasteiger partial charge on any atom is -0.306 e. The first kappa shape index (κ1) is 12.3. The average molecular weight is 260 g/mol. The summed E-state index contributed by atoms with van der Waals surface area (Å²) in [5, 5.41) is 4.32. The summed E-state index contributed by atoms with van der Waals surface area (Å²) in [5.74, 6) is -0.226. The summed E-state index contributed by atoms with van der Waals surface area (Å²) in [7, 11) is 0. The van der Waals surface area contributed by atoms with Gasteiger partial charge in [-0.05, 0) is 29.5 Å². The summed E-state index contributed by atoms with van der Waals surface area (Å²) in [4.78, 5) is 12.3. The van der Waals surface area contributed by atoms with Crippen LogP contribution < -0.4 is 5.43 Å². The summed E-state index contributed by atoms with van der Waals surface area (Å²) in [6, 6.07) is 6.26. The molecular weight excluding hydrogens is 243 g/mol. The molecule has 0 radical (unpaired) electrons. The fourth-order valence-corrected chi connectivity index (χ4v) is 3.14. The van der Waals surface area contributed by atoms with Crippen molar-refractivity contribution < 1.29 is 9.18 Å². The van der Waals surface area contributed by atoms with Crippen molar-refractivity contribution >= 4 is 11.5 Å². The highest BCUT2D eigenvalue weighted by Crippen LogP contribution is 2.39. The zero-order chi connectivity index (χ0) is 13.6. The molecule has 1 aliphatic carbocycles. The number of hydrogen-bond donors (Lipinski definition) is 1. The number of benzene rings is 1. The molecule has 1 heterocycles. The van der Waals surface area contributed by atoms with Crippen LogP contribution in [0.3, 0.4) is 0 Å². The summed E-state index contributed by atoms with van der Waals surface area (Å²) >= 11 is 0. The van der Waals surface area contributed by atoms with Crippen LogP contribution in [-0.2, 0) is 4.79 Å². The largest absolute Gasteiger partial charge is 0.306 e. The second-order valence-electron chi connectivity index (χ2n) is 6.23. The van der Waals surface area contributed by atoms with Crippen LogP contribution in [0.5, 0.6) is 0 Å². The second-order valence-corrected chi connectivity index (χ2v) is 6.23. The molecule has 0 amide bonds. The Morgan fingerprint density at radius 2 is 2.00 bits per heavy atom. The van der Waals surface area contributed by atoms with Crippen LogP contribution in [0.25, 0.3) is 0 Å². The van der Waals surface area contributed by atoms with Gasteiger partial charge in [-0.15, -0.1) is 0 Å². The third kappa shape index (κ3) is 2.15. The molecule has 0 unspecified atom stereocenters. The molecule has 2 atom stereocenters. The van der Waals surface area contributed by atoms with E-state index in [0.717, 1.165) is 17.7 Å². The van der Waals surface area contributed by atoms with E-state index >= 15 is 0 Å². The van der Waals surface area contributed by atoms with Crippen LogP contribution in [0.2, 0.25) is 0 Å². The third-order valence-electron chi connectivity index (χ3n) is 3.96. The number of carbonyl (C=O) groups excluding carboxylic acids is 1. The van der Waals surface area contributed by atoms with Crippen LogP contribution in [0.4, 0.5) is 4.39 Å². The lowest BCUT2D eigenvalue weighted by Crippen LogP contribution is -2.45. The lowest BCUT2D eigenvalue weighted by atomic mass is 9.68. The van der Waals surface area contributed by atoms with Crippen LogP contribution >= 0.6 is 0 Å². The van der Waals surface area contributed by atoms with E-state index < -0.39 is 0 Å². The molecule has 1 aliphatic heterocycles. The maximum absolute atomic E-state index is 13.0. The van der Waals surface area contributed by atoms with Crippen molar-refractivity contribution in [3.05, 3.63) is 35.6 Å². The molecule has 0 bridgehead atoms. The molecule has 0 spiro atoms. The molecule has 19 heavy (non-hydrogen) atoms. The molecule has 1 aromatic carbocycles. The SMILES string of the molecule is CC1(C)CC(=O)[C@H]2C(c3ccc(F)cc3)=NN[C@H]2C1. The van der Waals surface area contributed by atoms with Crippen molar-refractivity contribution in [2.75, 3.05) is 0 Å². The fraction of sp³-hybridized carbons (Fsp3) is 0.467. The predicted molar refractivity (Wildman–Crippen MR) is 71.4 cm³/mol. The Hall–Kier alpha value is -1.71. The maximum Gasteiger partial charge on any atom is 0.144 e. The van der Waals surface area contributed by atoms with E-state index in [0.29, 0.717) is 6.42 Å². The number of ketones is 1. The van der Waals surface area contributed by atoms with Gasteiger partial charge in [-0.25, -0.2) is 4.39 Å². The summed E-state index contributed by atoms with van der Waals surface area (Å²) in [6.07, 6.45) is 1.51. The third-order valence-corrected chi connectivity index (χ3v) is 3.96. The van der Waals surface area contributed by atoms with Crippen molar-refractivity contribution in [1.82, 2.24) is 5.43 Å². The van der Waals surface area contributed by atoms with Crippen LogP contribution in [0, 0.1) is 17.2 Å². The van der Waals surface area contributed by atoms with Crippen LogP contribution in [-0.4, -0.2) is 17.5 Å². The smallest absolute Gasteiger partial charge is 0.144 e. The van der Waals surface area contributed by atoms with Gasteiger partial charge in [-0.1, -0.05) is 26.0 Å². The zero-order valence-electron chi connectivity index (χ0n) is 11.1. The zero-order valence-corrected chi connectivity index (χ0v) is 11.1. The molecule has 1 fully saturated rings. The highest BCUT2D eigenvalue weighted by Gasteiger charge is 2.46. The summed E-state index contributed by atoms with van der Waals surface area (Å²) in [5.41, 5.74) is 4.69.